The fourth-order valence-corrected chi connectivity index (χ4v) is 11.9. The quantitative estimate of drug-likeness (QED) is 0.120. The van der Waals surface area contributed by atoms with Crippen LogP contribution in [0.15, 0.2) is 77.2 Å². The fraction of sp³-hybridized carbons (Fsp3) is 0.353. The Bertz CT molecular complexity index is 3120. The van der Waals surface area contributed by atoms with Crippen LogP contribution in [0, 0.1) is 33.1 Å². The number of esters is 1. The predicted molar refractivity (Wildman–Crippen MR) is 268 cm³/mol. The molecule has 4 atom stereocenters. The van der Waals surface area contributed by atoms with Gasteiger partial charge in [0, 0.05) is 22.5 Å². The summed E-state index contributed by atoms with van der Waals surface area (Å²) in [6.07, 6.45) is 1.24. The van der Waals surface area contributed by atoms with Gasteiger partial charge < -0.3 is 20.3 Å². The van der Waals surface area contributed by atoms with Crippen LogP contribution in [0.4, 0.5) is 0 Å². The summed E-state index contributed by atoms with van der Waals surface area (Å²) in [5.41, 5.74) is 10.5. The van der Waals surface area contributed by atoms with Crippen LogP contribution in [-0.2, 0) is 19.1 Å². The minimum Gasteiger partial charge on any atom is -0.469 e. The average molecular weight is 968 g/mol. The first-order valence-electron chi connectivity index (χ1n) is 22.6. The average Bonchev–Trinajstić information content (AvgIpc) is 4.17. The number of nitrogens with zero attached hydrogens (tertiary/aromatic N) is 7. The molecular formula is C51H53N9O5S3. The number of rotatable bonds is 11. The van der Waals surface area contributed by atoms with Crippen molar-refractivity contribution in [3.05, 3.63) is 122 Å². The van der Waals surface area contributed by atoms with Gasteiger partial charge in [-0.25, -0.2) is 9.97 Å². The Balaban J connectivity index is 0.906. The van der Waals surface area contributed by atoms with E-state index in [-0.39, 0.29) is 35.3 Å². The zero-order valence-corrected chi connectivity index (χ0v) is 41.9. The molecule has 2 aliphatic heterocycles. The molecular weight excluding hydrogens is 915 g/mol. The van der Waals surface area contributed by atoms with Crippen molar-refractivity contribution >= 4 is 73.6 Å². The molecule has 0 aliphatic carbocycles. The minimum atomic E-state index is -0.904. The highest BCUT2D eigenvalue weighted by molar-refractivity contribution is 7.20. The first-order chi connectivity index (χ1) is 32.5. The molecule has 3 aromatic carbocycles. The number of aromatic nitrogens is 5. The van der Waals surface area contributed by atoms with Crippen molar-refractivity contribution in [3.63, 3.8) is 0 Å². The highest BCUT2D eigenvalue weighted by atomic mass is 32.1. The molecule has 3 amide bonds. The van der Waals surface area contributed by atoms with Gasteiger partial charge in [-0.15, -0.1) is 44.2 Å². The van der Waals surface area contributed by atoms with Crippen molar-refractivity contribution in [2.75, 3.05) is 13.7 Å². The molecule has 7 aromatic rings. The Kier molecular flexibility index (Phi) is 12.7. The Morgan fingerprint density at radius 1 is 0.882 bits per heavy atom. The highest BCUT2D eigenvalue weighted by Gasteiger charge is 2.42. The molecule has 1 saturated heterocycles. The molecule has 1 fully saturated rings. The first-order valence-corrected chi connectivity index (χ1v) is 25.1. The Labute approximate surface area is 406 Å². The molecule has 4 unspecified atom stereocenters. The van der Waals surface area contributed by atoms with Gasteiger partial charge in [0.05, 0.1) is 51.6 Å². The van der Waals surface area contributed by atoms with Crippen molar-refractivity contribution in [2.24, 2.45) is 10.4 Å². The maximum Gasteiger partial charge on any atom is 0.308 e. The van der Waals surface area contributed by atoms with E-state index in [0.717, 1.165) is 75.6 Å². The highest BCUT2D eigenvalue weighted by Crippen LogP contribution is 2.40. The number of thiazole rings is 2. The molecule has 350 valence electrons. The lowest BCUT2D eigenvalue weighted by Gasteiger charge is -2.35. The van der Waals surface area contributed by atoms with Gasteiger partial charge in [-0.2, -0.15) is 0 Å². The van der Waals surface area contributed by atoms with Crippen molar-refractivity contribution in [2.45, 2.75) is 98.8 Å². The number of thiophene rings is 1. The van der Waals surface area contributed by atoms with E-state index in [0.29, 0.717) is 30.7 Å². The van der Waals surface area contributed by atoms with Crippen molar-refractivity contribution < 1.29 is 23.9 Å². The maximum atomic E-state index is 14.4. The number of methoxy groups -OCH3 is 1. The van der Waals surface area contributed by atoms with Crippen LogP contribution < -0.4 is 10.6 Å². The lowest BCUT2D eigenvalue weighted by atomic mass is 9.85. The number of nitrogens with one attached hydrogen (secondary N) is 2. The van der Waals surface area contributed by atoms with Crippen molar-refractivity contribution in [1.82, 2.24) is 40.3 Å². The molecule has 0 radical (unpaired) electrons. The topological polar surface area (TPSA) is 174 Å². The largest absolute Gasteiger partial charge is 0.469 e. The van der Waals surface area contributed by atoms with E-state index in [2.05, 4.69) is 39.7 Å². The predicted octanol–water partition coefficient (Wildman–Crippen LogP) is 9.43. The minimum absolute atomic E-state index is 0.0223. The second-order valence-electron chi connectivity index (χ2n) is 18.5. The summed E-state index contributed by atoms with van der Waals surface area (Å²) in [4.78, 5) is 73.0. The second kappa shape index (κ2) is 18.6. The van der Waals surface area contributed by atoms with Crippen LogP contribution in [0.25, 0.3) is 36.8 Å². The number of fused-ring (bicyclic) bond motifs is 4. The third-order valence-electron chi connectivity index (χ3n) is 12.9. The number of carbonyl (C=O) groups excluding carboxylic acids is 4. The van der Waals surface area contributed by atoms with Crippen molar-refractivity contribution in [3.8, 4) is 26.6 Å². The number of ether oxygens (including phenoxy) is 1. The summed E-state index contributed by atoms with van der Waals surface area (Å²) in [7, 11) is 1.37. The monoisotopic (exact) mass is 967 g/mol. The fourth-order valence-electron chi connectivity index (χ4n) is 8.99. The van der Waals surface area contributed by atoms with Gasteiger partial charge in [0.2, 0.25) is 11.8 Å². The number of benzene rings is 3. The lowest BCUT2D eigenvalue weighted by Crippen LogP contribution is -2.57. The van der Waals surface area contributed by atoms with E-state index in [1.54, 1.807) is 27.6 Å². The molecule has 0 spiro atoms. The molecule has 4 aromatic heterocycles. The Morgan fingerprint density at radius 2 is 1.59 bits per heavy atom. The van der Waals surface area contributed by atoms with Crippen molar-refractivity contribution in [1.29, 1.82) is 0 Å². The number of carbonyl (C=O) groups is 4. The number of hydrogen-bond donors (Lipinski definition) is 2. The van der Waals surface area contributed by atoms with Gasteiger partial charge in [0.15, 0.2) is 10.8 Å². The Hall–Kier alpha value is -6.43. The summed E-state index contributed by atoms with van der Waals surface area (Å²) < 4.78 is 7.88. The Morgan fingerprint density at radius 3 is 2.28 bits per heavy atom. The normalized spacial score (nSPS) is 16.7. The molecule has 14 nitrogen and oxygen atoms in total. The van der Waals surface area contributed by atoms with Crippen LogP contribution in [-0.4, -0.2) is 84.8 Å². The second-order valence-corrected chi connectivity index (χ2v) is 21.6. The molecule has 68 heavy (non-hydrogen) atoms. The summed E-state index contributed by atoms with van der Waals surface area (Å²) in [6, 6.07) is 19.7. The van der Waals surface area contributed by atoms with E-state index in [1.807, 2.05) is 118 Å². The van der Waals surface area contributed by atoms with Gasteiger partial charge in [-0.05, 0) is 92.8 Å². The SMILES string of the molecule is COC(=O)CC1N=C(c2ccc(-c3ccc4nc(C(=O)NC(C(=O)N5CCCC5C(=O)NC(C)c5ccc(-c6scnc6C)cc5)C(C)(C)C)sc4c3)cc2)c2c(sc(C)c2C)-n2c(C)nnc21. The number of hydrogen-bond acceptors (Lipinski definition) is 13. The van der Waals surface area contributed by atoms with Gasteiger partial charge >= 0.3 is 5.97 Å². The molecule has 2 N–H and O–H groups in total. The van der Waals surface area contributed by atoms with E-state index in [1.165, 1.54) is 18.4 Å². The third-order valence-corrected chi connectivity index (χ3v) is 16.1. The summed E-state index contributed by atoms with van der Waals surface area (Å²) in [6.45, 7) is 16.2. The lowest BCUT2D eigenvalue weighted by molar-refractivity contribution is -0.142. The summed E-state index contributed by atoms with van der Waals surface area (Å²) in [5.74, 6) is -0.0250. The van der Waals surface area contributed by atoms with Gasteiger partial charge in [0.25, 0.3) is 5.91 Å². The van der Waals surface area contributed by atoms with Crippen LogP contribution in [0.5, 0.6) is 0 Å². The van der Waals surface area contributed by atoms with Crippen LogP contribution in [0.1, 0.15) is 113 Å². The van der Waals surface area contributed by atoms with E-state index in [4.69, 9.17) is 14.7 Å². The van der Waals surface area contributed by atoms with Gasteiger partial charge in [-0.1, -0.05) is 75.4 Å². The van der Waals surface area contributed by atoms with E-state index in [9.17, 15) is 19.2 Å². The van der Waals surface area contributed by atoms with Crippen LogP contribution in [0.3, 0.4) is 0 Å². The zero-order chi connectivity index (χ0) is 48.2. The van der Waals surface area contributed by atoms with E-state index >= 15 is 0 Å². The van der Waals surface area contributed by atoms with Gasteiger partial charge in [-0.3, -0.25) is 28.7 Å². The van der Waals surface area contributed by atoms with Gasteiger partial charge in [0.1, 0.15) is 29.0 Å². The first kappa shape index (κ1) is 46.7. The van der Waals surface area contributed by atoms with E-state index < -0.39 is 29.4 Å². The summed E-state index contributed by atoms with van der Waals surface area (Å²) in [5, 5.41) is 16.2. The molecule has 6 heterocycles. The molecule has 0 saturated carbocycles. The molecule has 17 heteroatoms. The zero-order valence-electron chi connectivity index (χ0n) is 39.5. The summed E-state index contributed by atoms with van der Waals surface area (Å²) >= 11 is 4.52. The number of amides is 3. The maximum absolute atomic E-state index is 14.4. The molecule has 0 bridgehead atoms. The standard InChI is InChI=1S/C51H53N9O5S3/c1-26-29(4)67-50-41(26)42(54-37(24-40(61)65-9)45-58-57-30(5)60(45)50)33-16-14-32(15-17-33)35-20-21-36-39(23-35)68-48(55-36)47(63)56-44(51(6,7)8)49(64)59-22-10-11-38(59)46(62)53-27(2)31-12-18-34(19-13-31)43-28(3)52-25-66-43/h12-21,23,25,27,37-38,44H,10-11,22,24H2,1-9H3,(H,53,62)(H,56,63). The third kappa shape index (κ3) is 8.90. The smallest absolute Gasteiger partial charge is 0.308 e. The molecule has 9 rings (SSSR count). The van der Waals surface area contributed by atoms with Crippen LogP contribution >= 0.6 is 34.0 Å². The molecule has 2 aliphatic rings. The van der Waals surface area contributed by atoms with Crippen LogP contribution in [0.2, 0.25) is 0 Å². The number of aryl methyl sites for hydroxylation is 3. The number of aliphatic imine (C=N–C) groups is 1. The number of likely N-dealkylation sites (tertiary alicyclic amines) is 1.